The van der Waals surface area contributed by atoms with Crippen molar-refractivity contribution in [3.05, 3.63) is 65.2 Å². The molecule has 0 aromatic heterocycles. The molecule has 0 aliphatic carbocycles. The number of hydrogen-bond acceptors (Lipinski definition) is 3. The van der Waals surface area contributed by atoms with Crippen LogP contribution in [0, 0.1) is 0 Å². The van der Waals surface area contributed by atoms with Gasteiger partial charge in [-0.05, 0) is 52.7 Å². The van der Waals surface area contributed by atoms with Crippen LogP contribution < -0.4 is 9.47 Å². The van der Waals surface area contributed by atoms with Gasteiger partial charge in [-0.15, -0.1) is 0 Å². The zero-order chi connectivity index (χ0) is 15.8. The third-order valence-corrected chi connectivity index (χ3v) is 3.39. The van der Waals surface area contributed by atoms with Crippen molar-refractivity contribution < 1.29 is 9.47 Å². The second-order valence-electron chi connectivity index (χ2n) is 4.46. The van der Waals surface area contributed by atoms with E-state index in [1.165, 1.54) is 0 Å². The van der Waals surface area contributed by atoms with Gasteiger partial charge < -0.3 is 9.47 Å². The van der Waals surface area contributed by atoms with Gasteiger partial charge in [0.1, 0.15) is 6.61 Å². The van der Waals surface area contributed by atoms with Gasteiger partial charge in [0, 0.05) is 6.21 Å². The molecule has 4 heteroatoms. The lowest BCUT2D eigenvalue weighted by Gasteiger charge is -2.13. The van der Waals surface area contributed by atoms with Crippen molar-refractivity contribution in [3.8, 4) is 11.5 Å². The Morgan fingerprint density at radius 2 is 1.95 bits per heavy atom. The predicted octanol–water partition coefficient (Wildman–Crippen LogP) is 5.16. The fraction of sp³-hybridized carbons (Fsp3) is 0.167. The molecule has 0 saturated heterocycles. The molecule has 114 valence electrons. The summed E-state index contributed by atoms with van der Waals surface area (Å²) >= 11 is 3.52. The van der Waals surface area contributed by atoms with Crippen molar-refractivity contribution in [2.75, 3.05) is 13.2 Å². The molecule has 0 heterocycles. The number of hydrogen-bond donors (Lipinski definition) is 0. The van der Waals surface area contributed by atoms with Crippen LogP contribution in [0.2, 0.25) is 0 Å². The molecule has 0 aliphatic rings. The topological polar surface area (TPSA) is 30.8 Å². The van der Waals surface area contributed by atoms with Crippen LogP contribution in [0.25, 0.3) is 0 Å². The molecule has 0 fully saturated rings. The molecule has 0 unspecified atom stereocenters. The van der Waals surface area contributed by atoms with E-state index >= 15 is 0 Å². The molecule has 0 radical (unpaired) electrons. The normalized spacial score (nSPS) is 10.6. The maximum absolute atomic E-state index is 5.66. The van der Waals surface area contributed by atoms with Gasteiger partial charge in [0.15, 0.2) is 11.5 Å². The van der Waals surface area contributed by atoms with E-state index in [-0.39, 0.29) is 0 Å². The molecule has 0 amide bonds. The molecule has 2 aromatic rings. The van der Waals surface area contributed by atoms with Crippen LogP contribution in [0.3, 0.4) is 0 Å². The van der Waals surface area contributed by atoms with Crippen LogP contribution in [0.5, 0.6) is 11.5 Å². The predicted molar refractivity (Wildman–Crippen MR) is 94.7 cm³/mol. The van der Waals surface area contributed by atoms with Gasteiger partial charge in [-0.3, -0.25) is 4.99 Å². The SMILES string of the molecule is C=CCOc1c(Br)cc(C=Nc2ccccc2)cc1OCC. The van der Waals surface area contributed by atoms with E-state index in [0.29, 0.717) is 24.7 Å². The summed E-state index contributed by atoms with van der Waals surface area (Å²) in [5, 5.41) is 0. The van der Waals surface area contributed by atoms with Gasteiger partial charge in [-0.2, -0.15) is 0 Å². The quantitative estimate of drug-likeness (QED) is 0.504. The zero-order valence-electron chi connectivity index (χ0n) is 12.5. The number of nitrogens with zero attached hydrogens (tertiary/aromatic N) is 1. The molecule has 22 heavy (non-hydrogen) atoms. The van der Waals surface area contributed by atoms with E-state index in [1.807, 2.05) is 49.4 Å². The number of para-hydroxylation sites is 1. The van der Waals surface area contributed by atoms with Crippen molar-refractivity contribution in [2.24, 2.45) is 4.99 Å². The van der Waals surface area contributed by atoms with Gasteiger partial charge in [0.05, 0.1) is 16.8 Å². The van der Waals surface area contributed by atoms with Crippen molar-refractivity contribution in [1.82, 2.24) is 0 Å². The average Bonchev–Trinajstić information content (AvgIpc) is 2.53. The standard InChI is InChI=1S/C18H18BrNO2/c1-3-10-22-18-16(19)11-14(12-17(18)21-4-2)13-20-15-8-6-5-7-9-15/h3,5-9,11-13H,1,4,10H2,2H3. The fourth-order valence-corrected chi connectivity index (χ4v) is 2.45. The second-order valence-corrected chi connectivity index (χ2v) is 5.31. The van der Waals surface area contributed by atoms with E-state index in [1.54, 1.807) is 12.3 Å². The summed E-state index contributed by atoms with van der Waals surface area (Å²) in [4.78, 5) is 4.45. The molecule has 0 aliphatic heterocycles. The molecule has 3 nitrogen and oxygen atoms in total. The van der Waals surface area contributed by atoms with E-state index in [0.717, 1.165) is 15.7 Å². The summed E-state index contributed by atoms with van der Waals surface area (Å²) in [7, 11) is 0. The largest absolute Gasteiger partial charge is 0.490 e. The summed E-state index contributed by atoms with van der Waals surface area (Å²) in [6, 6.07) is 13.7. The Bertz CT molecular complexity index is 654. The van der Waals surface area contributed by atoms with Crippen LogP contribution >= 0.6 is 15.9 Å². The Morgan fingerprint density at radius 3 is 2.64 bits per heavy atom. The number of rotatable bonds is 7. The third-order valence-electron chi connectivity index (χ3n) is 2.80. The smallest absolute Gasteiger partial charge is 0.175 e. The highest BCUT2D eigenvalue weighted by Gasteiger charge is 2.11. The Balaban J connectivity index is 2.29. The average molecular weight is 360 g/mol. The van der Waals surface area contributed by atoms with E-state index < -0.39 is 0 Å². The number of aliphatic imine (C=N–C) groups is 1. The minimum Gasteiger partial charge on any atom is -0.490 e. The Hall–Kier alpha value is -2.07. The number of benzene rings is 2. The maximum Gasteiger partial charge on any atom is 0.175 e. The van der Waals surface area contributed by atoms with E-state index in [4.69, 9.17) is 9.47 Å². The molecule has 2 rings (SSSR count). The summed E-state index contributed by atoms with van der Waals surface area (Å²) in [6.45, 7) is 6.59. The lowest BCUT2D eigenvalue weighted by molar-refractivity contribution is 0.295. The van der Waals surface area contributed by atoms with E-state index in [9.17, 15) is 0 Å². The van der Waals surface area contributed by atoms with Crippen molar-refractivity contribution in [1.29, 1.82) is 0 Å². The zero-order valence-corrected chi connectivity index (χ0v) is 14.0. The number of ether oxygens (including phenoxy) is 2. The summed E-state index contributed by atoms with van der Waals surface area (Å²) < 4.78 is 12.1. The second kappa shape index (κ2) is 8.39. The van der Waals surface area contributed by atoms with Crippen LogP contribution in [0.4, 0.5) is 5.69 Å². The Labute approximate surface area is 139 Å². The highest BCUT2D eigenvalue weighted by molar-refractivity contribution is 9.10. The highest BCUT2D eigenvalue weighted by atomic mass is 79.9. The van der Waals surface area contributed by atoms with Gasteiger partial charge in [-0.1, -0.05) is 30.9 Å². The molecule has 0 N–H and O–H groups in total. The lowest BCUT2D eigenvalue weighted by Crippen LogP contribution is -2.00. The monoisotopic (exact) mass is 359 g/mol. The molecular formula is C18H18BrNO2. The molecule has 0 spiro atoms. The van der Waals surface area contributed by atoms with Gasteiger partial charge in [0.25, 0.3) is 0 Å². The molecule has 2 aromatic carbocycles. The van der Waals surface area contributed by atoms with Crippen LogP contribution in [0.1, 0.15) is 12.5 Å². The fourth-order valence-electron chi connectivity index (χ4n) is 1.87. The van der Waals surface area contributed by atoms with Gasteiger partial charge in [-0.25, -0.2) is 0 Å². The summed E-state index contributed by atoms with van der Waals surface area (Å²) in [5.41, 5.74) is 1.84. The van der Waals surface area contributed by atoms with Gasteiger partial charge in [0.2, 0.25) is 0 Å². The molecule has 0 atom stereocenters. The molecule has 0 saturated carbocycles. The van der Waals surface area contributed by atoms with Crippen LogP contribution in [-0.4, -0.2) is 19.4 Å². The van der Waals surface area contributed by atoms with E-state index in [2.05, 4.69) is 27.5 Å². The summed E-state index contributed by atoms with van der Waals surface area (Å²) in [6.07, 6.45) is 3.51. The molecule has 0 bridgehead atoms. The maximum atomic E-state index is 5.66. The van der Waals surface area contributed by atoms with Gasteiger partial charge >= 0.3 is 0 Å². The minimum atomic E-state index is 0.427. The highest BCUT2D eigenvalue weighted by Crippen LogP contribution is 2.36. The third kappa shape index (κ3) is 4.46. The Kier molecular flexibility index (Phi) is 6.22. The van der Waals surface area contributed by atoms with Crippen LogP contribution in [-0.2, 0) is 0 Å². The number of halogens is 1. The summed E-state index contributed by atoms with van der Waals surface area (Å²) in [5.74, 6) is 1.37. The minimum absolute atomic E-state index is 0.427. The first kappa shape index (κ1) is 16.3. The first-order valence-corrected chi connectivity index (χ1v) is 7.83. The van der Waals surface area contributed by atoms with Crippen LogP contribution in [0.15, 0.2) is 64.6 Å². The first-order chi connectivity index (χ1) is 10.7. The first-order valence-electron chi connectivity index (χ1n) is 7.03. The van der Waals surface area contributed by atoms with Crippen molar-refractivity contribution >= 4 is 27.8 Å². The molecular weight excluding hydrogens is 342 g/mol. The van der Waals surface area contributed by atoms with Crippen molar-refractivity contribution in [2.45, 2.75) is 6.92 Å². The lowest BCUT2D eigenvalue weighted by atomic mass is 10.2. The Morgan fingerprint density at radius 1 is 1.18 bits per heavy atom. The van der Waals surface area contributed by atoms with Crippen molar-refractivity contribution in [3.63, 3.8) is 0 Å².